The average Bonchev–Trinajstić information content (AvgIpc) is 2.83. The van der Waals surface area contributed by atoms with E-state index in [9.17, 15) is 4.79 Å². The third kappa shape index (κ3) is 5.06. The summed E-state index contributed by atoms with van der Waals surface area (Å²) in [5, 5.41) is 11.6. The molecule has 0 radical (unpaired) electrons. The van der Waals surface area contributed by atoms with Crippen molar-refractivity contribution in [2.45, 2.75) is 26.9 Å². The summed E-state index contributed by atoms with van der Waals surface area (Å²) < 4.78 is 11.3. The van der Waals surface area contributed by atoms with Gasteiger partial charge in [0.2, 0.25) is 0 Å². The van der Waals surface area contributed by atoms with Gasteiger partial charge in [-0.1, -0.05) is 24.3 Å². The third-order valence-corrected chi connectivity index (χ3v) is 5.66. The Morgan fingerprint density at radius 3 is 2.47 bits per heavy atom. The molecule has 32 heavy (non-hydrogen) atoms. The van der Waals surface area contributed by atoms with E-state index in [1.165, 1.54) is 0 Å². The maximum Gasteiger partial charge on any atom is 0.265 e. The van der Waals surface area contributed by atoms with Crippen LogP contribution in [-0.4, -0.2) is 48.5 Å². The van der Waals surface area contributed by atoms with Crippen molar-refractivity contribution in [3.8, 4) is 17.0 Å². The fourth-order valence-electron chi connectivity index (χ4n) is 3.50. The van der Waals surface area contributed by atoms with Crippen LogP contribution in [0.15, 0.2) is 54.6 Å². The molecule has 166 valence electrons. The van der Waals surface area contributed by atoms with E-state index < -0.39 is 6.10 Å². The average molecular weight is 433 g/mol. The third-order valence-electron chi connectivity index (χ3n) is 5.66. The van der Waals surface area contributed by atoms with Crippen molar-refractivity contribution in [1.29, 1.82) is 0 Å². The van der Waals surface area contributed by atoms with E-state index in [0.29, 0.717) is 18.9 Å². The van der Waals surface area contributed by atoms with Gasteiger partial charge < -0.3 is 19.7 Å². The van der Waals surface area contributed by atoms with Crippen molar-refractivity contribution in [3.63, 3.8) is 0 Å². The molecule has 1 aromatic heterocycles. The summed E-state index contributed by atoms with van der Waals surface area (Å²) in [5.41, 5.74) is 4.59. The van der Waals surface area contributed by atoms with Crippen molar-refractivity contribution in [2.24, 2.45) is 0 Å². The maximum atomic E-state index is 12.6. The molecule has 2 aromatic carbocycles. The Bertz CT molecular complexity index is 1060. The topological polar surface area (TPSA) is 76.6 Å². The minimum absolute atomic E-state index is 0.201. The van der Waals surface area contributed by atoms with Crippen LogP contribution in [0, 0.1) is 13.8 Å². The van der Waals surface area contributed by atoms with Crippen LogP contribution >= 0.6 is 0 Å². The van der Waals surface area contributed by atoms with Crippen LogP contribution < -0.4 is 15.0 Å². The first kappa shape index (κ1) is 21.8. The van der Waals surface area contributed by atoms with Crippen LogP contribution in [0.2, 0.25) is 0 Å². The Kier molecular flexibility index (Phi) is 6.66. The molecule has 0 aliphatic carbocycles. The minimum atomic E-state index is -0.617. The van der Waals surface area contributed by atoms with Gasteiger partial charge in [0.15, 0.2) is 11.9 Å². The largest absolute Gasteiger partial charge is 0.481 e. The predicted molar refractivity (Wildman–Crippen MR) is 125 cm³/mol. The molecule has 0 saturated carbocycles. The number of morpholine rings is 1. The summed E-state index contributed by atoms with van der Waals surface area (Å²) in [4.78, 5) is 14.8. The Balaban J connectivity index is 1.37. The van der Waals surface area contributed by atoms with Crippen LogP contribution in [0.5, 0.6) is 5.75 Å². The highest BCUT2D eigenvalue weighted by Gasteiger charge is 2.17. The van der Waals surface area contributed by atoms with Crippen molar-refractivity contribution < 1.29 is 14.3 Å². The Labute approximate surface area is 188 Å². The van der Waals surface area contributed by atoms with Crippen LogP contribution in [0.25, 0.3) is 11.3 Å². The van der Waals surface area contributed by atoms with E-state index in [4.69, 9.17) is 9.47 Å². The van der Waals surface area contributed by atoms with E-state index in [1.54, 1.807) is 6.92 Å². The fourth-order valence-corrected chi connectivity index (χ4v) is 3.50. The van der Waals surface area contributed by atoms with Gasteiger partial charge in [0, 0.05) is 24.3 Å². The quantitative estimate of drug-likeness (QED) is 0.634. The molecule has 1 N–H and O–H groups in total. The van der Waals surface area contributed by atoms with Crippen molar-refractivity contribution in [1.82, 2.24) is 10.2 Å². The van der Waals surface area contributed by atoms with Gasteiger partial charge >= 0.3 is 0 Å². The second kappa shape index (κ2) is 9.78. The first-order valence-electron chi connectivity index (χ1n) is 10.8. The Morgan fingerprint density at radius 1 is 1.03 bits per heavy atom. The fraction of sp³-hybridized carbons (Fsp3) is 0.320. The van der Waals surface area contributed by atoms with Crippen LogP contribution in [0.1, 0.15) is 18.1 Å². The lowest BCUT2D eigenvalue weighted by Crippen LogP contribution is -2.36. The molecule has 1 atom stereocenters. The number of aryl methyl sites for hydroxylation is 1. The number of nitrogens with zero attached hydrogens (tertiary/aromatic N) is 3. The zero-order valence-electron chi connectivity index (χ0n) is 18.7. The molecule has 7 nitrogen and oxygen atoms in total. The van der Waals surface area contributed by atoms with Gasteiger partial charge in [0.05, 0.1) is 18.9 Å². The molecule has 1 aliphatic heterocycles. The standard InChI is InChI=1S/C25H28N4O3/c1-17-5-4-6-23(18(17)2)32-19(3)25(30)26-21-9-7-20(8-10-21)22-11-12-24(28-27-22)29-13-15-31-16-14-29/h4-12,19H,13-16H2,1-3H3,(H,26,30). The number of carbonyl (C=O) groups is 1. The van der Waals surface area contributed by atoms with Crippen molar-refractivity contribution >= 4 is 17.4 Å². The molecule has 1 amide bonds. The minimum Gasteiger partial charge on any atom is -0.481 e. The summed E-state index contributed by atoms with van der Waals surface area (Å²) in [6, 6.07) is 17.3. The van der Waals surface area contributed by atoms with Gasteiger partial charge in [-0.3, -0.25) is 4.79 Å². The Hall–Kier alpha value is -3.45. The first-order chi connectivity index (χ1) is 15.5. The summed E-state index contributed by atoms with van der Waals surface area (Å²) >= 11 is 0. The second-order valence-electron chi connectivity index (χ2n) is 7.90. The number of ether oxygens (including phenoxy) is 2. The molecule has 4 rings (SSSR count). The number of benzene rings is 2. The zero-order chi connectivity index (χ0) is 22.5. The molecule has 0 bridgehead atoms. The number of hydrogen-bond acceptors (Lipinski definition) is 6. The molecular formula is C25H28N4O3. The molecule has 1 unspecified atom stereocenters. The van der Waals surface area contributed by atoms with Gasteiger partial charge in [0.1, 0.15) is 5.75 Å². The number of amides is 1. The summed E-state index contributed by atoms with van der Waals surface area (Å²) in [6.07, 6.45) is -0.617. The van der Waals surface area contributed by atoms with E-state index in [-0.39, 0.29) is 5.91 Å². The zero-order valence-corrected chi connectivity index (χ0v) is 18.7. The lowest BCUT2D eigenvalue weighted by Gasteiger charge is -2.27. The highest BCUT2D eigenvalue weighted by molar-refractivity contribution is 5.94. The number of anilines is 2. The van der Waals surface area contributed by atoms with Crippen molar-refractivity contribution in [3.05, 3.63) is 65.7 Å². The number of rotatable bonds is 6. The van der Waals surface area contributed by atoms with E-state index >= 15 is 0 Å². The summed E-state index contributed by atoms with van der Waals surface area (Å²) in [7, 11) is 0. The highest BCUT2D eigenvalue weighted by atomic mass is 16.5. The summed E-state index contributed by atoms with van der Waals surface area (Å²) in [6.45, 7) is 8.84. The molecule has 0 spiro atoms. The van der Waals surface area contributed by atoms with E-state index in [1.807, 2.05) is 68.4 Å². The summed E-state index contributed by atoms with van der Waals surface area (Å²) in [5.74, 6) is 1.38. The molecular weight excluding hydrogens is 404 g/mol. The van der Waals surface area contributed by atoms with Crippen LogP contribution in [0.3, 0.4) is 0 Å². The monoisotopic (exact) mass is 432 g/mol. The number of carbonyl (C=O) groups excluding carboxylic acids is 1. The van der Waals surface area contributed by atoms with Gasteiger partial charge in [-0.2, -0.15) is 0 Å². The van der Waals surface area contributed by atoms with Gasteiger partial charge in [-0.05, 0) is 62.2 Å². The number of aromatic nitrogens is 2. The maximum absolute atomic E-state index is 12.6. The second-order valence-corrected chi connectivity index (χ2v) is 7.90. The van der Waals surface area contributed by atoms with Gasteiger partial charge in [-0.25, -0.2) is 0 Å². The molecule has 3 aromatic rings. The van der Waals surface area contributed by atoms with E-state index in [2.05, 4.69) is 20.4 Å². The molecule has 1 saturated heterocycles. The smallest absolute Gasteiger partial charge is 0.265 e. The van der Waals surface area contributed by atoms with Crippen LogP contribution in [0.4, 0.5) is 11.5 Å². The highest BCUT2D eigenvalue weighted by Crippen LogP contribution is 2.23. The number of nitrogens with one attached hydrogen (secondary N) is 1. The van der Waals surface area contributed by atoms with Gasteiger partial charge in [-0.15, -0.1) is 10.2 Å². The first-order valence-corrected chi connectivity index (χ1v) is 10.8. The molecule has 2 heterocycles. The number of hydrogen-bond donors (Lipinski definition) is 1. The van der Waals surface area contributed by atoms with Gasteiger partial charge in [0.25, 0.3) is 5.91 Å². The Morgan fingerprint density at radius 2 is 1.78 bits per heavy atom. The lowest BCUT2D eigenvalue weighted by atomic mass is 10.1. The van der Waals surface area contributed by atoms with E-state index in [0.717, 1.165) is 47.0 Å². The lowest BCUT2D eigenvalue weighted by molar-refractivity contribution is -0.122. The normalized spacial score (nSPS) is 14.7. The predicted octanol–water partition coefficient (Wildman–Crippen LogP) is 4.00. The SMILES string of the molecule is Cc1cccc(OC(C)C(=O)Nc2ccc(-c3ccc(N4CCOCC4)nn3)cc2)c1C. The van der Waals surface area contributed by atoms with Crippen molar-refractivity contribution in [2.75, 3.05) is 36.5 Å². The molecule has 1 fully saturated rings. The molecule has 7 heteroatoms. The molecule has 1 aliphatic rings. The van der Waals surface area contributed by atoms with Crippen LogP contribution in [-0.2, 0) is 9.53 Å².